The minimum atomic E-state index is 0.814. The lowest BCUT2D eigenvalue weighted by Crippen LogP contribution is -1.84. The number of alkyl halides is 1. The Hall–Kier alpha value is -0.830. The third-order valence-electron chi connectivity index (χ3n) is 1.56. The van der Waals surface area contributed by atoms with Gasteiger partial charge in [0.2, 0.25) is 0 Å². The zero-order valence-corrected chi connectivity index (χ0v) is 7.45. The van der Waals surface area contributed by atoms with Crippen LogP contribution in [0.3, 0.4) is 0 Å². The second kappa shape index (κ2) is 2.66. The zero-order valence-electron chi connectivity index (χ0n) is 5.87. The zero-order chi connectivity index (χ0) is 7.68. The Morgan fingerprint density at radius 1 is 1.45 bits per heavy atom. The van der Waals surface area contributed by atoms with E-state index in [1.165, 1.54) is 0 Å². The molecule has 56 valence electrons. The maximum atomic E-state index is 4.30. The summed E-state index contributed by atoms with van der Waals surface area (Å²) in [5, 5.41) is 5.12. The van der Waals surface area contributed by atoms with Gasteiger partial charge in [0.1, 0.15) is 0 Å². The van der Waals surface area contributed by atoms with Crippen molar-refractivity contribution in [3.05, 3.63) is 36.2 Å². The van der Waals surface area contributed by atoms with Gasteiger partial charge in [-0.25, -0.2) is 4.52 Å². The molecule has 2 nitrogen and oxygen atoms in total. The van der Waals surface area contributed by atoms with E-state index in [2.05, 4.69) is 27.1 Å². The van der Waals surface area contributed by atoms with Crippen LogP contribution in [0.1, 0.15) is 5.69 Å². The Morgan fingerprint density at radius 3 is 3.09 bits per heavy atom. The average Bonchev–Trinajstić information content (AvgIpc) is 2.46. The summed E-state index contributed by atoms with van der Waals surface area (Å²) < 4.78 is 1.87. The maximum absolute atomic E-state index is 4.30. The standard InChI is InChI=1S/C8H7BrN2/c9-6-7-5-8-3-1-2-4-11(8)10-7/h1-5H,6H2. The monoisotopic (exact) mass is 210 g/mol. The van der Waals surface area contributed by atoms with Crippen LogP contribution < -0.4 is 0 Å². The van der Waals surface area contributed by atoms with Crippen LogP contribution >= 0.6 is 15.9 Å². The molecule has 0 unspecified atom stereocenters. The van der Waals surface area contributed by atoms with Gasteiger partial charge in [-0.15, -0.1) is 0 Å². The summed E-state index contributed by atoms with van der Waals surface area (Å²) >= 11 is 3.36. The predicted molar refractivity (Wildman–Crippen MR) is 47.8 cm³/mol. The lowest BCUT2D eigenvalue weighted by molar-refractivity contribution is 0.931. The molecule has 0 atom stereocenters. The van der Waals surface area contributed by atoms with Crippen molar-refractivity contribution in [2.45, 2.75) is 5.33 Å². The van der Waals surface area contributed by atoms with E-state index in [-0.39, 0.29) is 0 Å². The molecule has 2 aromatic heterocycles. The molecule has 0 aliphatic rings. The molecule has 2 rings (SSSR count). The molecule has 0 radical (unpaired) electrons. The molecule has 0 saturated carbocycles. The van der Waals surface area contributed by atoms with Crippen molar-refractivity contribution < 1.29 is 0 Å². The van der Waals surface area contributed by atoms with Gasteiger partial charge in [0.25, 0.3) is 0 Å². The van der Waals surface area contributed by atoms with Gasteiger partial charge in [-0.2, -0.15) is 5.10 Å². The second-order valence-electron chi connectivity index (χ2n) is 2.34. The fraction of sp³-hybridized carbons (Fsp3) is 0.125. The van der Waals surface area contributed by atoms with Crippen LogP contribution in [0.25, 0.3) is 5.52 Å². The molecular weight excluding hydrogens is 204 g/mol. The Kier molecular flexibility index (Phi) is 1.66. The molecule has 11 heavy (non-hydrogen) atoms. The highest BCUT2D eigenvalue weighted by Crippen LogP contribution is 2.07. The van der Waals surface area contributed by atoms with E-state index in [0.29, 0.717) is 0 Å². The van der Waals surface area contributed by atoms with E-state index in [4.69, 9.17) is 0 Å². The quantitative estimate of drug-likeness (QED) is 0.661. The van der Waals surface area contributed by atoms with E-state index < -0.39 is 0 Å². The predicted octanol–water partition coefficient (Wildman–Crippen LogP) is 2.23. The highest BCUT2D eigenvalue weighted by Gasteiger charge is 1.96. The fourth-order valence-corrected chi connectivity index (χ4v) is 1.33. The van der Waals surface area contributed by atoms with Gasteiger partial charge in [0, 0.05) is 11.5 Å². The third kappa shape index (κ3) is 1.16. The van der Waals surface area contributed by atoms with Crippen molar-refractivity contribution in [1.82, 2.24) is 9.61 Å². The van der Waals surface area contributed by atoms with Crippen LogP contribution in [0.5, 0.6) is 0 Å². The van der Waals surface area contributed by atoms with E-state index in [1.807, 2.05) is 28.9 Å². The van der Waals surface area contributed by atoms with Crippen LogP contribution in [0.15, 0.2) is 30.5 Å². The molecule has 0 fully saturated rings. The number of nitrogens with zero attached hydrogens (tertiary/aromatic N) is 2. The van der Waals surface area contributed by atoms with Crippen molar-refractivity contribution in [3.63, 3.8) is 0 Å². The first-order chi connectivity index (χ1) is 5.40. The van der Waals surface area contributed by atoms with Gasteiger partial charge in [0.15, 0.2) is 0 Å². The molecule has 3 heteroatoms. The number of halogens is 1. The van der Waals surface area contributed by atoms with Gasteiger partial charge >= 0.3 is 0 Å². The fourth-order valence-electron chi connectivity index (χ4n) is 1.06. The average molecular weight is 211 g/mol. The molecule has 0 N–H and O–H groups in total. The van der Waals surface area contributed by atoms with Crippen molar-refractivity contribution >= 4 is 21.4 Å². The van der Waals surface area contributed by atoms with Crippen LogP contribution in [0, 0.1) is 0 Å². The summed E-state index contributed by atoms with van der Waals surface area (Å²) in [6, 6.07) is 8.08. The van der Waals surface area contributed by atoms with Crippen molar-refractivity contribution in [2.24, 2.45) is 0 Å². The molecule has 0 amide bonds. The lowest BCUT2D eigenvalue weighted by Gasteiger charge is -1.87. The summed E-state index contributed by atoms with van der Waals surface area (Å²) in [4.78, 5) is 0. The van der Waals surface area contributed by atoms with Crippen LogP contribution in [-0.4, -0.2) is 9.61 Å². The first-order valence-corrected chi connectivity index (χ1v) is 4.51. The first-order valence-electron chi connectivity index (χ1n) is 3.39. The van der Waals surface area contributed by atoms with Crippen LogP contribution in [0.2, 0.25) is 0 Å². The summed E-state index contributed by atoms with van der Waals surface area (Å²) in [6.07, 6.45) is 1.95. The summed E-state index contributed by atoms with van der Waals surface area (Å²) in [5.41, 5.74) is 2.21. The van der Waals surface area contributed by atoms with Gasteiger partial charge < -0.3 is 0 Å². The molecule has 0 aliphatic carbocycles. The number of rotatable bonds is 1. The Labute approximate surface area is 73.0 Å². The highest BCUT2D eigenvalue weighted by atomic mass is 79.9. The molecule has 0 saturated heterocycles. The largest absolute Gasteiger partial charge is 0.241 e. The molecule has 2 heterocycles. The third-order valence-corrected chi connectivity index (χ3v) is 2.13. The summed E-state index contributed by atoms with van der Waals surface area (Å²) in [5.74, 6) is 0. The van der Waals surface area contributed by atoms with Gasteiger partial charge in [-0.05, 0) is 18.2 Å². The SMILES string of the molecule is BrCc1cc2ccccn2n1. The maximum Gasteiger partial charge on any atom is 0.0740 e. The molecule has 0 spiro atoms. The second-order valence-corrected chi connectivity index (χ2v) is 2.90. The number of hydrogen-bond donors (Lipinski definition) is 0. The van der Waals surface area contributed by atoms with Gasteiger partial charge in [-0.1, -0.05) is 22.0 Å². The summed E-state index contributed by atoms with van der Waals surface area (Å²) in [6.45, 7) is 0. The smallest absolute Gasteiger partial charge is 0.0740 e. The van der Waals surface area contributed by atoms with Crippen molar-refractivity contribution in [1.29, 1.82) is 0 Å². The minimum absolute atomic E-state index is 0.814. The topological polar surface area (TPSA) is 17.3 Å². The molecule has 0 bridgehead atoms. The van der Waals surface area contributed by atoms with E-state index in [0.717, 1.165) is 16.5 Å². The molecular formula is C8H7BrN2. The molecule has 0 aliphatic heterocycles. The Morgan fingerprint density at radius 2 is 2.36 bits per heavy atom. The van der Waals surface area contributed by atoms with Gasteiger partial charge in [0.05, 0.1) is 11.2 Å². The minimum Gasteiger partial charge on any atom is -0.241 e. The van der Waals surface area contributed by atoms with Crippen molar-refractivity contribution in [2.75, 3.05) is 0 Å². The molecule has 2 aromatic rings. The first kappa shape index (κ1) is 6.85. The normalized spacial score (nSPS) is 10.6. The Balaban J connectivity index is 2.69. The van der Waals surface area contributed by atoms with E-state index >= 15 is 0 Å². The molecule has 0 aromatic carbocycles. The number of aromatic nitrogens is 2. The lowest BCUT2D eigenvalue weighted by atomic mass is 10.4. The van der Waals surface area contributed by atoms with E-state index in [1.54, 1.807) is 0 Å². The highest BCUT2D eigenvalue weighted by molar-refractivity contribution is 9.08. The number of fused-ring (bicyclic) bond motifs is 1. The summed E-state index contributed by atoms with van der Waals surface area (Å²) in [7, 11) is 0. The van der Waals surface area contributed by atoms with Crippen LogP contribution in [0.4, 0.5) is 0 Å². The van der Waals surface area contributed by atoms with Crippen LogP contribution in [-0.2, 0) is 5.33 Å². The van der Waals surface area contributed by atoms with Crippen molar-refractivity contribution in [3.8, 4) is 0 Å². The number of hydrogen-bond acceptors (Lipinski definition) is 1. The Bertz CT molecular complexity index is 334. The van der Waals surface area contributed by atoms with E-state index in [9.17, 15) is 0 Å². The number of pyridine rings is 1. The van der Waals surface area contributed by atoms with Gasteiger partial charge in [-0.3, -0.25) is 0 Å².